The molecule has 1 aromatic carbocycles. The van der Waals surface area contributed by atoms with Gasteiger partial charge in [0.25, 0.3) is 5.91 Å². The smallest absolute Gasteiger partial charge is 0.268 e. The van der Waals surface area contributed by atoms with Crippen LogP contribution in [-0.4, -0.2) is 22.8 Å². The molecule has 1 saturated heterocycles. The van der Waals surface area contributed by atoms with Crippen molar-refractivity contribution in [3.63, 3.8) is 0 Å². The van der Waals surface area contributed by atoms with Gasteiger partial charge in [0.05, 0.1) is 0 Å². The molecule has 2 amide bonds. The Balaban J connectivity index is 2.32. The molecule has 1 unspecified atom stereocenters. The third kappa shape index (κ3) is 5.41. The summed E-state index contributed by atoms with van der Waals surface area (Å²) in [6, 6.07) is 3.90. The summed E-state index contributed by atoms with van der Waals surface area (Å²) in [6.45, 7) is 18.3. The number of fused-ring (bicyclic) bond motifs is 1. The normalized spacial score (nSPS) is 17.4. The van der Waals surface area contributed by atoms with Crippen molar-refractivity contribution in [3.05, 3.63) is 76.2 Å². The van der Waals surface area contributed by atoms with E-state index < -0.39 is 6.04 Å². The predicted molar refractivity (Wildman–Crippen MR) is 142 cm³/mol. The molecule has 180 valence electrons. The first-order chi connectivity index (χ1) is 15.9. The highest BCUT2D eigenvalue weighted by Gasteiger charge is 2.29. The number of carbonyl (C=O) groups excluding carboxylic acids is 2. The van der Waals surface area contributed by atoms with Crippen molar-refractivity contribution in [1.29, 1.82) is 0 Å². The average molecular weight is 460 g/mol. The highest BCUT2D eigenvalue weighted by atomic mass is 16.2. The minimum atomic E-state index is -0.553. The summed E-state index contributed by atoms with van der Waals surface area (Å²) in [5.74, 6) is -0.502. The van der Waals surface area contributed by atoms with Gasteiger partial charge in [-0.1, -0.05) is 49.3 Å². The molecule has 1 atom stereocenters. The number of H-pyrrole nitrogens is 1. The Hall–Kier alpha value is -3.34. The maximum atomic E-state index is 12.7. The van der Waals surface area contributed by atoms with Crippen molar-refractivity contribution in [2.45, 2.75) is 72.8 Å². The zero-order chi connectivity index (χ0) is 25.2. The molecular weight excluding hydrogens is 422 g/mol. The van der Waals surface area contributed by atoms with Gasteiger partial charge in [0.2, 0.25) is 5.91 Å². The molecule has 0 spiro atoms. The molecule has 0 saturated carbocycles. The number of rotatable bonds is 7. The van der Waals surface area contributed by atoms with Gasteiger partial charge in [0.15, 0.2) is 0 Å². The fraction of sp³-hybridized carbons (Fsp3) is 0.379. The lowest BCUT2D eigenvalue weighted by Gasteiger charge is -2.23. The summed E-state index contributed by atoms with van der Waals surface area (Å²) in [5.41, 5.74) is 7.73. The number of amides is 2. The fourth-order valence-electron chi connectivity index (χ4n) is 4.01. The highest BCUT2D eigenvalue weighted by Crippen LogP contribution is 2.36. The van der Waals surface area contributed by atoms with E-state index in [-0.39, 0.29) is 22.9 Å². The monoisotopic (exact) mass is 459 g/mol. The molecule has 1 aliphatic heterocycles. The zero-order valence-electron chi connectivity index (χ0n) is 21.5. The van der Waals surface area contributed by atoms with E-state index in [1.807, 2.05) is 6.08 Å². The number of carbonyl (C=O) groups is 2. The van der Waals surface area contributed by atoms with Crippen molar-refractivity contribution in [2.75, 3.05) is 0 Å². The molecule has 0 aliphatic carbocycles. The van der Waals surface area contributed by atoms with E-state index in [9.17, 15) is 9.59 Å². The molecular formula is C29H37N3O2. The highest BCUT2D eigenvalue weighted by molar-refractivity contribution is 6.08. The molecule has 2 heterocycles. The van der Waals surface area contributed by atoms with E-state index >= 15 is 0 Å². The van der Waals surface area contributed by atoms with E-state index in [0.717, 1.165) is 35.0 Å². The second-order valence-electron chi connectivity index (χ2n) is 10.2. The fourth-order valence-corrected chi connectivity index (χ4v) is 4.01. The third-order valence-electron chi connectivity index (χ3n) is 6.25. The Kier molecular flexibility index (Phi) is 7.35. The second-order valence-corrected chi connectivity index (χ2v) is 10.2. The first-order valence-corrected chi connectivity index (χ1v) is 11.8. The van der Waals surface area contributed by atoms with E-state index in [1.54, 1.807) is 13.0 Å². The molecule has 0 radical (unpaired) electrons. The first kappa shape index (κ1) is 25.3. The van der Waals surface area contributed by atoms with Gasteiger partial charge in [-0.3, -0.25) is 9.59 Å². The van der Waals surface area contributed by atoms with Crippen LogP contribution in [-0.2, 0) is 27.8 Å². The summed E-state index contributed by atoms with van der Waals surface area (Å²) in [4.78, 5) is 28.6. The van der Waals surface area contributed by atoms with Crippen LogP contribution in [0.15, 0.2) is 53.8 Å². The summed E-state index contributed by atoms with van der Waals surface area (Å²) < 4.78 is 0. The number of aromatic amines is 1. The Morgan fingerprint density at radius 2 is 1.71 bits per heavy atom. The molecule has 2 aromatic rings. The van der Waals surface area contributed by atoms with Gasteiger partial charge >= 0.3 is 0 Å². The minimum Gasteiger partial charge on any atom is -0.357 e. The summed E-state index contributed by atoms with van der Waals surface area (Å²) in [5, 5.41) is 6.55. The molecule has 3 N–H and O–H groups in total. The Bertz CT molecular complexity index is 1230. The molecule has 5 nitrogen and oxygen atoms in total. The number of allylic oxidation sites excluding steroid dienone is 5. The van der Waals surface area contributed by atoms with Crippen LogP contribution in [0.5, 0.6) is 0 Å². The number of aromatic nitrogens is 1. The second kappa shape index (κ2) is 9.88. The SMILES string of the molecule is C=CC(C)(C)c1[nH]c2c(CC=C(C)C)cc(CC=C(C)C)cc2c1C=C1NC(=O)C(C)NC1=O. The van der Waals surface area contributed by atoms with Crippen molar-refractivity contribution in [2.24, 2.45) is 0 Å². The van der Waals surface area contributed by atoms with Crippen LogP contribution in [0.4, 0.5) is 0 Å². The molecule has 3 rings (SSSR count). The van der Waals surface area contributed by atoms with Crippen molar-refractivity contribution < 1.29 is 9.59 Å². The summed E-state index contributed by atoms with van der Waals surface area (Å²) >= 11 is 0. The van der Waals surface area contributed by atoms with Gasteiger partial charge in [-0.2, -0.15) is 0 Å². The minimum absolute atomic E-state index is 0.219. The van der Waals surface area contributed by atoms with Crippen LogP contribution in [0.2, 0.25) is 0 Å². The van der Waals surface area contributed by atoms with Crippen LogP contribution >= 0.6 is 0 Å². The molecule has 5 heteroatoms. The molecule has 1 fully saturated rings. The van der Waals surface area contributed by atoms with Crippen molar-refractivity contribution >= 4 is 28.8 Å². The average Bonchev–Trinajstić information content (AvgIpc) is 3.13. The third-order valence-corrected chi connectivity index (χ3v) is 6.25. The van der Waals surface area contributed by atoms with Gasteiger partial charge in [-0.05, 0) is 70.7 Å². The lowest BCUT2D eigenvalue weighted by atomic mass is 9.86. The van der Waals surface area contributed by atoms with Crippen molar-refractivity contribution in [3.8, 4) is 0 Å². The number of benzene rings is 1. The predicted octanol–water partition coefficient (Wildman–Crippen LogP) is 5.62. The van der Waals surface area contributed by atoms with E-state index in [0.29, 0.717) is 0 Å². The maximum absolute atomic E-state index is 12.7. The van der Waals surface area contributed by atoms with Crippen LogP contribution < -0.4 is 10.6 Å². The number of hydrogen-bond acceptors (Lipinski definition) is 2. The van der Waals surface area contributed by atoms with Gasteiger partial charge in [0.1, 0.15) is 11.7 Å². The molecule has 1 aliphatic rings. The van der Waals surface area contributed by atoms with E-state index in [2.05, 4.69) is 88.0 Å². The quantitative estimate of drug-likeness (QED) is 0.371. The lowest BCUT2D eigenvalue weighted by molar-refractivity contribution is -0.130. The molecule has 34 heavy (non-hydrogen) atoms. The van der Waals surface area contributed by atoms with Gasteiger partial charge < -0.3 is 15.6 Å². The Morgan fingerprint density at radius 3 is 2.32 bits per heavy atom. The van der Waals surface area contributed by atoms with Crippen LogP contribution in [0, 0.1) is 0 Å². The first-order valence-electron chi connectivity index (χ1n) is 11.8. The maximum Gasteiger partial charge on any atom is 0.268 e. The van der Waals surface area contributed by atoms with Crippen LogP contribution in [0.25, 0.3) is 17.0 Å². The van der Waals surface area contributed by atoms with Crippen LogP contribution in [0.3, 0.4) is 0 Å². The number of piperazine rings is 1. The summed E-state index contributed by atoms with van der Waals surface area (Å²) in [7, 11) is 0. The Morgan fingerprint density at radius 1 is 1.06 bits per heavy atom. The summed E-state index contributed by atoms with van der Waals surface area (Å²) in [6.07, 6.45) is 9.79. The van der Waals surface area contributed by atoms with E-state index in [4.69, 9.17) is 0 Å². The van der Waals surface area contributed by atoms with Crippen LogP contribution in [0.1, 0.15) is 70.9 Å². The Labute approximate surface area is 203 Å². The van der Waals surface area contributed by atoms with Crippen molar-refractivity contribution in [1.82, 2.24) is 15.6 Å². The number of nitrogens with one attached hydrogen (secondary N) is 3. The lowest BCUT2D eigenvalue weighted by Crippen LogP contribution is -2.53. The van der Waals surface area contributed by atoms with E-state index in [1.165, 1.54) is 22.3 Å². The number of hydrogen-bond donors (Lipinski definition) is 3. The molecule has 0 bridgehead atoms. The topological polar surface area (TPSA) is 74.0 Å². The van der Waals surface area contributed by atoms with Gasteiger partial charge in [-0.15, -0.1) is 6.58 Å². The zero-order valence-corrected chi connectivity index (χ0v) is 21.5. The van der Waals surface area contributed by atoms with Gasteiger partial charge in [0, 0.05) is 27.6 Å². The van der Waals surface area contributed by atoms with Gasteiger partial charge in [-0.25, -0.2) is 0 Å². The largest absolute Gasteiger partial charge is 0.357 e. The standard InChI is InChI=1S/C29H37N3O2/c1-9-29(7,8)26-23(16-24-28(34)30-19(6)27(33)31-24)22-15-20(12-10-17(2)3)14-21(25(22)32-26)13-11-18(4)5/h9-11,14-16,19,32H,1,12-13H2,2-8H3,(H,30,34)(H,31,33). The molecule has 1 aromatic heterocycles.